The molecule has 84 valence electrons. The van der Waals surface area contributed by atoms with Crippen LogP contribution in [0.3, 0.4) is 0 Å². The first-order chi connectivity index (χ1) is 7.61. The van der Waals surface area contributed by atoms with Crippen LogP contribution in [0.2, 0.25) is 0 Å². The molecule has 0 amide bonds. The Balaban J connectivity index is 2.51. The van der Waals surface area contributed by atoms with E-state index < -0.39 is 17.5 Å². The van der Waals surface area contributed by atoms with Crippen molar-refractivity contribution in [1.82, 2.24) is 0 Å². The van der Waals surface area contributed by atoms with Crippen molar-refractivity contribution in [3.05, 3.63) is 47.5 Å². The quantitative estimate of drug-likeness (QED) is 0.802. The standard InChI is InChI=1S/C11H7F3O2/c12-8-4-10(14)9(13)3-7(8)11-2-1-6(5-15)16-11/h1-4,15H,5H2. The molecule has 0 atom stereocenters. The summed E-state index contributed by atoms with van der Waals surface area (Å²) in [5.41, 5.74) is -0.182. The summed E-state index contributed by atoms with van der Waals surface area (Å²) in [6.07, 6.45) is 0. The average molecular weight is 228 g/mol. The largest absolute Gasteiger partial charge is 0.459 e. The first kappa shape index (κ1) is 10.8. The molecule has 1 aromatic heterocycles. The molecule has 0 aliphatic carbocycles. The monoisotopic (exact) mass is 228 g/mol. The number of hydrogen-bond acceptors (Lipinski definition) is 2. The number of halogens is 3. The SMILES string of the molecule is OCc1ccc(-c2cc(F)c(F)cc2F)o1. The van der Waals surface area contributed by atoms with E-state index in [1.165, 1.54) is 12.1 Å². The van der Waals surface area contributed by atoms with Gasteiger partial charge < -0.3 is 9.52 Å². The molecule has 0 bridgehead atoms. The van der Waals surface area contributed by atoms with Crippen molar-refractivity contribution in [2.45, 2.75) is 6.61 Å². The van der Waals surface area contributed by atoms with Crippen molar-refractivity contribution < 1.29 is 22.7 Å². The van der Waals surface area contributed by atoms with Crippen LogP contribution in [0.5, 0.6) is 0 Å². The Morgan fingerprint density at radius 1 is 1.00 bits per heavy atom. The van der Waals surface area contributed by atoms with Gasteiger partial charge in [-0.15, -0.1) is 0 Å². The van der Waals surface area contributed by atoms with E-state index in [4.69, 9.17) is 9.52 Å². The van der Waals surface area contributed by atoms with E-state index in [9.17, 15) is 13.2 Å². The Bertz CT molecular complexity index is 520. The van der Waals surface area contributed by atoms with Crippen LogP contribution < -0.4 is 0 Å². The highest BCUT2D eigenvalue weighted by Crippen LogP contribution is 2.26. The number of aliphatic hydroxyl groups excluding tert-OH is 1. The van der Waals surface area contributed by atoms with Gasteiger partial charge in [-0.3, -0.25) is 0 Å². The molecular formula is C11H7F3O2. The van der Waals surface area contributed by atoms with Gasteiger partial charge in [0.1, 0.15) is 23.9 Å². The van der Waals surface area contributed by atoms with Crippen LogP contribution in [-0.4, -0.2) is 5.11 Å². The third kappa shape index (κ3) is 1.81. The van der Waals surface area contributed by atoms with Crippen LogP contribution >= 0.6 is 0 Å². The minimum Gasteiger partial charge on any atom is -0.459 e. The first-order valence-electron chi connectivity index (χ1n) is 4.46. The van der Waals surface area contributed by atoms with Crippen molar-refractivity contribution in [2.75, 3.05) is 0 Å². The fraction of sp³-hybridized carbons (Fsp3) is 0.0909. The van der Waals surface area contributed by atoms with Gasteiger partial charge in [0, 0.05) is 6.07 Å². The molecule has 0 aliphatic heterocycles. The second-order valence-electron chi connectivity index (χ2n) is 3.17. The Morgan fingerprint density at radius 3 is 2.31 bits per heavy atom. The fourth-order valence-corrected chi connectivity index (χ4v) is 1.32. The summed E-state index contributed by atoms with van der Waals surface area (Å²) in [7, 11) is 0. The summed E-state index contributed by atoms with van der Waals surface area (Å²) in [5, 5.41) is 8.74. The maximum atomic E-state index is 13.3. The van der Waals surface area contributed by atoms with E-state index in [-0.39, 0.29) is 23.7 Å². The molecule has 1 N–H and O–H groups in total. The lowest BCUT2D eigenvalue weighted by molar-refractivity contribution is 0.248. The number of benzene rings is 1. The summed E-state index contributed by atoms with van der Waals surface area (Å²) in [6.45, 7) is -0.342. The van der Waals surface area contributed by atoms with Crippen molar-refractivity contribution in [3.8, 4) is 11.3 Å². The summed E-state index contributed by atoms with van der Waals surface area (Å²) < 4.78 is 43.9. The Labute approximate surface area is 88.9 Å². The average Bonchev–Trinajstić information content (AvgIpc) is 2.71. The molecule has 0 saturated carbocycles. The van der Waals surface area contributed by atoms with E-state index in [1.54, 1.807) is 0 Å². The smallest absolute Gasteiger partial charge is 0.161 e. The zero-order valence-corrected chi connectivity index (χ0v) is 8.01. The molecule has 16 heavy (non-hydrogen) atoms. The van der Waals surface area contributed by atoms with E-state index in [0.29, 0.717) is 12.1 Å². The van der Waals surface area contributed by atoms with Crippen LogP contribution in [0.15, 0.2) is 28.7 Å². The molecular weight excluding hydrogens is 221 g/mol. The maximum Gasteiger partial charge on any atom is 0.161 e. The number of aliphatic hydroxyl groups is 1. The lowest BCUT2D eigenvalue weighted by Gasteiger charge is -2.00. The lowest BCUT2D eigenvalue weighted by atomic mass is 10.1. The number of furan rings is 1. The Hall–Kier alpha value is -1.75. The molecule has 2 nitrogen and oxygen atoms in total. The van der Waals surface area contributed by atoms with Crippen LogP contribution in [0.4, 0.5) is 13.2 Å². The van der Waals surface area contributed by atoms with Crippen molar-refractivity contribution in [2.24, 2.45) is 0 Å². The molecule has 0 aliphatic rings. The third-order valence-corrected chi connectivity index (χ3v) is 2.09. The van der Waals surface area contributed by atoms with Crippen LogP contribution in [0, 0.1) is 17.5 Å². The van der Waals surface area contributed by atoms with Crippen LogP contribution in [0.1, 0.15) is 5.76 Å². The minimum atomic E-state index is -1.25. The molecule has 5 heteroatoms. The van der Waals surface area contributed by atoms with Gasteiger partial charge in [-0.25, -0.2) is 13.2 Å². The van der Waals surface area contributed by atoms with Gasteiger partial charge in [0.2, 0.25) is 0 Å². The molecule has 0 unspecified atom stereocenters. The van der Waals surface area contributed by atoms with Crippen molar-refractivity contribution in [1.29, 1.82) is 0 Å². The van der Waals surface area contributed by atoms with E-state index >= 15 is 0 Å². The normalized spacial score (nSPS) is 10.8. The van der Waals surface area contributed by atoms with Gasteiger partial charge in [0.15, 0.2) is 11.6 Å². The minimum absolute atomic E-state index is 0.0421. The van der Waals surface area contributed by atoms with E-state index in [2.05, 4.69) is 0 Å². The van der Waals surface area contributed by atoms with Gasteiger partial charge in [-0.1, -0.05) is 0 Å². The molecule has 2 rings (SSSR count). The van der Waals surface area contributed by atoms with Gasteiger partial charge in [0.05, 0.1) is 5.56 Å². The highest BCUT2D eigenvalue weighted by atomic mass is 19.2. The second-order valence-corrected chi connectivity index (χ2v) is 3.17. The van der Waals surface area contributed by atoms with E-state index in [0.717, 1.165) is 0 Å². The van der Waals surface area contributed by atoms with Crippen LogP contribution in [-0.2, 0) is 6.61 Å². The van der Waals surface area contributed by atoms with Crippen molar-refractivity contribution >= 4 is 0 Å². The summed E-state index contributed by atoms with van der Waals surface area (Å²) >= 11 is 0. The molecule has 1 heterocycles. The summed E-state index contributed by atoms with van der Waals surface area (Å²) in [6, 6.07) is 3.97. The van der Waals surface area contributed by atoms with Gasteiger partial charge >= 0.3 is 0 Å². The lowest BCUT2D eigenvalue weighted by Crippen LogP contribution is -1.90. The van der Waals surface area contributed by atoms with Crippen LogP contribution in [0.25, 0.3) is 11.3 Å². The zero-order chi connectivity index (χ0) is 11.7. The maximum absolute atomic E-state index is 13.3. The summed E-state index contributed by atoms with van der Waals surface area (Å²) in [5.74, 6) is -3.06. The Kier molecular flexibility index (Phi) is 2.70. The molecule has 1 aromatic carbocycles. The summed E-state index contributed by atoms with van der Waals surface area (Å²) in [4.78, 5) is 0. The third-order valence-electron chi connectivity index (χ3n) is 2.09. The highest BCUT2D eigenvalue weighted by Gasteiger charge is 2.14. The topological polar surface area (TPSA) is 33.4 Å². The molecule has 0 spiro atoms. The van der Waals surface area contributed by atoms with Gasteiger partial charge in [-0.05, 0) is 18.2 Å². The number of hydrogen-bond donors (Lipinski definition) is 1. The van der Waals surface area contributed by atoms with Crippen molar-refractivity contribution in [3.63, 3.8) is 0 Å². The van der Waals surface area contributed by atoms with Gasteiger partial charge in [-0.2, -0.15) is 0 Å². The predicted molar refractivity (Wildman–Crippen MR) is 49.9 cm³/mol. The molecule has 0 radical (unpaired) electrons. The van der Waals surface area contributed by atoms with Gasteiger partial charge in [0.25, 0.3) is 0 Å². The first-order valence-corrected chi connectivity index (χ1v) is 4.46. The fourth-order valence-electron chi connectivity index (χ4n) is 1.32. The molecule has 2 aromatic rings. The predicted octanol–water partition coefficient (Wildman–Crippen LogP) is 2.86. The second kappa shape index (κ2) is 4.02. The Morgan fingerprint density at radius 2 is 1.69 bits per heavy atom. The highest BCUT2D eigenvalue weighted by molar-refractivity contribution is 5.58. The zero-order valence-electron chi connectivity index (χ0n) is 8.01. The molecule has 0 saturated heterocycles. The number of rotatable bonds is 2. The van der Waals surface area contributed by atoms with E-state index in [1.807, 2.05) is 0 Å². The molecule has 0 fully saturated rings.